The van der Waals surface area contributed by atoms with E-state index in [9.17, 15) is 4.79 Å². The van der Waals surface area contributed by atoms with E-state index in [1.54, 1.807) is 0 Å². The van der Waals surface area contributed by atoms with Crippen LogP contribution in [-0.4, -0.2) is 25.5 Å². The summed E-state index contributed by atoms with van der Waals surface area (Å²) in [4.78, 5) is 13.7. The van der Waals surface area contributed by atoms with Gasteiger partial charge in [-0.05, 0) is 48.1 Å². The molecule has 2 N–H and O–H groups in total. The molecule has 1 fully saturated rings. The number of carbonyl (C=O) groups is 1. The van der Waals surface area contributed by atoms with Crippen molar-refractivity contribution in [2.45, 2.75) is 32.7 Å². The molecule has 1 saturated heterocycles. The minimum absolute atomic E-state index is 0.0511. The third-order valence-electron chi connectivity index (χ3n) is 5.04. The third-order valence-corrected chi connectivity index (χ3v) is 5.04. The Morgan fingerprint density at radius 2 is 1.87 bits per heavy atom. The first-order valence-corrected chi connectivity index (χ1v) is 8.73. The van der Waals surface area contributed by atoms with E-state index in [4.69, 9.17) is 0 Å². The lowest BCUT2D eigenvalue weighted by Gasteiger charge is -2.27. The first-order chi connectivity index (χ1) is 11.1. The van der Waals surface area contributed by atoms with Crippen LogP contribution in [0.25, 0.3) is 10.8 Å². The number of quaternary nitrogens is 1. The van der Waals surface area contributed by atoms with E-state index < -0.39 is 0 Å². The molecule has 1 aliphatic heterocycles. The summed E-state index contributed by atoms with van der Waals surface area (Å²) in [5, 5.41) is 5.62. The van der Waals surface area contributed by atoms with E-state index >= 15 is 0 Å². The molecule has 3 heteroatoms. The summed E-state index contributed by atoms with van der Waals surface area (Å²) in [5.74, 6) is 0.980. The number of hydrogen-bond acceptors (Lipinski definition) is 1. The van der Waals surface area contributed by atoms with Gasteiger partial charge in [0.25, 0.3) is 5.91 Å². The minimum Gasteiger partial charge on any atom is -0.345 e. The Morgan fingerprint density at radius 1 is 1.17 bits per heavy atom. The molecule has 23 heavy (non-hydrogen) atoms. The highest BCUT2D eigenvalue weighted by Gasteiger charge is 2.22. The highest BCUT2D eigenvalue weighted by molar-refractivity contribution is 5.83. The molecule has 0 aliphatic carbocycles. The molecule has 3 rings (SSSR count). The van der Waals surface area contributed by atoms with E-state index in [0.717, 1.165) is 19.0 Å². The van der Waals surface area contributed by atoms with Gasteiger partial charge in [0.1, 0.15) is 0 Å². The lowest BCUT2D eigenvalue weighted by atomic mass is 9.99. The Hall–Kier alpha value is -1.87. The molecule has 1 amide bonds. The van der Waals surface area contributed by atoms with Gasteiger partial charge in [0.05, 0.1) is 19.1 Å². The summed E-state index contributed by atoms with van der Waals surface area (Å²) in [6.45, 7) is 7.22. The highest BCUT2D eigenvalue weighted by Crippen LogP contribution is 2.20. The SMILES string of the molecule is CC1CC[NH+](CC(=O)N[C@@H](C)c2ccc3ccccc3c2)CC1. The van der Waals surface area contributed by atoms with Crippen LogP contribution in [0.2, 0.25) is 0 Å². The van der Waals surface area contributed by atoms with E-state index in [1.807, 2.05) is 0 Å². The molecule has 3 nitrogen and oxygen atoms in total. The van der Waals surface area contributed by atoms with Crippen LogP contribution in [0.3, 0.4) is 0 Å². The molecule has 0 spiro atoms. The van der Waals surface area contributed by atoms with Crippen LogP contribution in [0.5, 0.6) is 0 Å². The Kier molecular flexibility index (Phi) is 4.97. The minimum atomic E-state index is 0.0511. The summed E-state index contributed by atoms with van der Waals surface area (Å²) < 4.78 is 0. The lowest BCUT2D eigenvalue weighted by Crippen LogP contribution is -3.14. The fourth-order valence-electron chi connectivity index (χ4n) is 3.43. The fourth-order valence-corrected chi connectivity index (χ4v) is 3.43. The van der Waals surface area contributed by atoms with Gasteiger partial charge in [-0.1, -0.05) is 43.3 Å². The van der Waals surface area contributed by atoms with Gasteiger partial charge in [0, 0.05) is 0 Å². The van der Waals surface area contributed by atoms with Gasteiger partial charge in [-0.15, -0.1) is 0 Å². The third kappa shape index (κ3) is 4.11. The van der Waals surface area contributed by atoms with Crippen molar-refractivity contribution in [3.8, 4) is 0 Å². The largest absolute Gasteiger partial charge is 0.345 e. The zero-order chi connectivity index (χ0) is 16.2. The number of amides is 1. The average Bonchev–Trinajstić information content (AvgIpc) is 2.56. The topological polar surface area (TPSA) is 33.5 Å². The summed E-state index contributed by atoms with van der Waals surface area (Å²) >= 11 is 0. The molecule has 0 radical (unpaired) electrons. The second kappa shape index (κ2) is 7.14. The Bertz CT molecular complexity index is 674. The van der Waals surface area contributed by atoms with Crippen molar-refractivity contribution >= 4 is 16.7 Å². The molecular weight excluding hydrogens is 284 g/mol. The summed E-state index contributed by atoms with van der Waals surface area (Å²) in [7, 11) is 0. The monoisotopic (exact) mass is 311 g/mol. The number of likely N-dealkylation sites (tertiary alicyclic amines) is 1. The van der Waals surface area contributed by atoms with Gasteiger partial charge in [0.15, 0.2) is 6.54 Å². The average molecular weight is 311 g/mol. The van der Waals surface area contributed by atoms with E-state index in [0.29, 0.717) is 6.54 Å². The van der Waals surface area contributed by atoms with Crippen molar-refractivity contribution in [1.29, 1.82) is 0 Å². The first kappa shape index (κ1) is 16.0. The number of rotatable bonds is 4. The number of hydrogen-bond donors (Lipinski definition) is 2. The van der Waals surface area contributed by atoms with Crippen molar-refractivity contribution in [1.82, 2.24) is 5.32 Å². The number of piperidine rings is 1. The van der Waals surface area contributed by atoms with E-state index in [-0.39, 0.29) is 11.9 Å². The van der Waals surface area contributed by atoms with Gasteiger partial charge in [-0.3, -0.25) is 4.79 Å². The van der Waals surface area contributed by atoms with Crippen molar-refractivity contribution < 1.29 is 9.69 Å². The smallest absolute Gasteiger partial charge is 0.275 e. The predicted octanol–water partition coefficient (Wildman–Crippen LogP) is 2.33. The van der Waals surface area contributed by atoms with Crippen LogP contribution in [0.4, 0.5) is 0 Å². The molecule has 122 valence electrons. The standard InChI is InChI=1S/C20H26N2O/c1-15-9-11-22(12-10-15)14-20(23)21-16(2)18-8-7-17-5-3-4-6-19(17)13-18/h3-8,13,15-16H,9-12,14H2,1-2H3,(H,21,23)/p+1/t16-/m0/s1. The zero-order valence-electron chi connectivity index (χ0n) is 14.1. The second-order valence-electron chi connectivity index (χ2n) is 7.01. The number of carbonyl (C=O) groups excluding carboxylic acids is 1. The molecule has 1 heterocycles. The Labute approximate surface area is 138 Å². The van der Waals surface area contributed by atoms with Crippen LogP contribution in [0, 0.1) is 5.92 Å². The van der Waals surface area contributed by atoms with Gasteiger partial charge in [-0.25, -0.2) is 0 Å². The van der Waals surface area contributed by atoms with Crippen LogP contribution < -0.4 is 10.2 Å². The van der Waals surface area contributed by atoms with Crippen LogP contribution >= 0.6 is 0 Å². The molecule has 0 bridgehead atoms. The van der Waals surface area contributed by atoms with Crippen molar-refractivity contribution in [3.63, 3.8) is 0 Å². The normalized spacial score (nSPS) is 22.7. The van der Waals surface area contributed by atoms with Gasteiger partial charge in [-0.2, -0.15) is 0 Å². The maximum atomic E-state index is 12.3. The molecule has 0 unspecified atom stereocenters. The van der Waals surface area contributed by atoms with Crippen molar-refractivity contribution in [3.05, 3.63) is 48.0 Å². The lowest BCUT2D eigenvalue weighted by molar-refractivity contribution is -0.898. The molecule has 2 aromatic carbocycles. The maximum absolute atomic E-state index is 12.3. The molecule has 0 aromatic heterocycles. The molecule has 1 aliphatic rings. The van der Waals surface area contributed by atoms with Crippen molar-refractivity contribution in [2.75, 3.05) is 19.6 Å². The highest BCUT2D eigenvalue weighted by atomic mass is 16.2. The quantitative estimate of drug-likeness (QED) is 0.893. The van der Waals surface area contributed by atoms with Crippen LogP contribution in [0.15, 0.2) is 42.5 Å². The molecular formula is C20H27N2O+. The second-order valence-corrected chi connectivity index (χ2v) is 7.01. The Balaban J connectivity index is 1.58. The summed E-state index contributed by atoms with van der Waals surface area (Å²) in [6.07, 6.45) is 2.48. The number of benzene rings is 2. The molecule has 2 aromatic rings. The fraction of sp³-hybridized carbons (Fsp3) is 0.450. The molecule has 1 atom stereocenters. The Morgan fingerprint density at radius 3 is 2.61 bits per heavy atom. The van der Waals surface area contributed by atoms with Crippen LogP contribution in [-0.2, 0) is 4.79 Å². The summed E-state index contributed by atoms with van der Waals surface area (Å²) in [5.41, 5.74) is 1.17. The van der Waals surface area contributed by atoms with Crippen molar-refractivity contribution in [2.24, 2.45) is 5.92 Å². The van der Waals surface area contributed by atoms with Crippen LogP contribution in [0.1, 0.15) is 38.3 Å². The summed E-state index contributed by atoms with van der Waals surface area (Å²) in [6, 6.07) is 14.8. The zero-order valence-corrected chi connectivity index (χ0v) is 14.1. The molecule has 0 saturated carbocycles. The van der Waals surface area contributed by atoms with E-state index in [2.05, 4.69) is 61.6 Å². The van der Waals surface area contributed by atoms with E-state index in [1.165, 1.54) is 34.1 Å². The maximum Gasteiger partial charge on any atom is 0.275 e. The first-order valence-electron chi connectivity index (χ1n) is 8.73. The van der Waals surface area contributed by atoms with Gasteiger partial charge >= 0.3 is 0 Å². The number of nitrogens with one attached hydrogen (secondary N) is 2. The number of fused-ring (bicyclic) bond motifs is 1. The van der Waals surface area contributed by atoms with Gasteiger partial charge < -0.3 is 10.2 Å². The van der Waals surface area contributed by atoms with Gasteiger partial charge in [0.2, 0.25) is 0 Å². The predicted molar refractivity (Wildman–Crippen MR) is 94.5 cm³/mol.